The van der Waals surface area contributed by atoms with Gasteiger partial charge in [-0.25, -0.2) is 0 Å². The fourth-order valence-electron chi connectivity index (χ4n) is 3.77. The second-order valence-electron chi connectivity index (χ2n) is 9.29. The van der Waals surface area contributed by atoms with Crippen LogP contribution in [0.4, 0.5) is 5.69 Å². The molecule has 3 amide bonds. The van der Waals surface area contributed by atoms with Crippen LogP contribution in [0.25, 0.3) is 0 Å². The summed E-state index contributed by atoms with van der Waals surface area (Å²) in [5, 5.41) is 2.88. The highest BCUT2D eigenvalue weighted by molar-refractivity contribution is 5.98. The van der Waals surface area contributed by atoms with Gasteiger partial charge >= 0.3 is 0 Å². The van der Waals surface area contributed by atoms with Gasteiger partial charge in [-0.15, -0.1) is 0 Å². The van der Waals surface area contributed by atoms with Crippen molar-refractivity contribution in [2.45, 2.75) is 40.0 Å². The highest BCUT2D eigenvalue weighted by Gasteiger charge is 2.26. The number of benzene rings is 1. The topological polar surface area (TPSA) is 73.0 Å². The molecule has 7 nitrogen and oxygen atoms in total. The Morgan fingerprint density at radius 1 is 0.900 bits per heavy atom. The van der Waals surface area contributed by atoms with E-state index in [2.05, 4.69) is 10.2 Å². The van der Waals surface area contributed by atoms with Crippen LogP contribution in [0.15, 0.2) is 24.3 Å². The number of rotatable bonds is 4. The molecule has 7 heteroatoms. The molecule has 2 aliphatic rings. The van der Waals surface area contributed by atoms with Gasteiger partial charge in [-0.2, -0.15) is 0 Å². The highest BCUT2D eigenvalue weighted by atomic mass is 16.2. The Morgan fingerprint density at radius 3 is 2.20 bits per heavy atom. The Labute approximate surface area is 179 Å². The number of hydrogen-bond donors (Lipinski definition) is 1. The van der Waals surface area contributed by atoms with Gasteiger partial charge in [-0.05, 0) is 37.5 Å². The number of piperazine rings is 1. The van der Waals surface area contributed by atoms with Gasteiger partial charge in [0.1, 0.15) is 0 Å². The fraction of sp³-hybridized carbons (Fsp3) is 0.609. The number of carbonyl (C=O) groups excluding carboxylic acids is 3. The summed E-state index contributed by atoms with van der Waals surface area (Å²) in [6.45, 7) is 10.4. The third-order valence-corrected chi connectivity index (χ3v) is 5.78. The molecule has 1 aromatic carbocycles. The molecule has 3 rings (SSSR count). The third-order valence-electron chi connectivity index (χ3n) is 5.78. The fourth-order valence-corrected chi connectivity index (χ4v) is 3.77. The predicted molar refractivity (Wildman–Crippen MR) is 117 cm³/mol. The molecule has 0 unspecified atom stereocenters. The van der Waals surface area contributed by atoms with Crippen molar-refractivity contribution in [3.8, 4) is 0 Å². The first-order valence-electron chi connectivity index (χ1n) is 10.9. The van der Waals surface area contributed by atoms with Gasteiger partial charge in [0.15, 0.2) is 0 Å². The number of likely N-dealkylation sites (tertiary alicyclic amines) is 1. The number of hydrogen-bond acceptors (Lipinski definition) is 4. The lowest BCUT2D eigenvalue weighted by Gasteiger charge is -2.36. The molecule has 2 fully saturated rings. The molecule has 1 aromatic rings. The molecule has 164 valence electrons. The molecular formula is C23H34N4O3. The summed E-state index contributed by atoms with van der Waals surface area (Å²) in [5.41, 5.74) is 0.702. The van der Waals surface area contributed by atoms with E-state index in [9.17, 15) is 14.4 Å². The van der Waals surface area contributed by atoms with E-state index in [0.717, 1.165) is 25.9 Å². The number of carbonyl (C=O) groups is 3. The highest BCUT2D eigenvalue weighted by Crippen LogP contribution is 2.19. The quantitative estimate of drug-likeness (QED) is 0.821. The van der Waals surface area contributed by atoms with Crippen molar-refractivity contribution in [3.63, 3.8) is 0 Å². The number of piperidine rings is 1. The SMILES string of the molecule is CC(C)(C)C(=O)Nc1cccc(C(=O)N2CCN(CC(=O)N3CCCCC3)CC2)c1. The van der Waals surface area contributed by atoms with Crippen molar-refractivity contribution in [1.82, 2.24) is 14.7 Å². The molecule has 2 heterocycles. The van der Waals surface area contributed by atoms with Crippen LogP contribution in [0.5, 0.6) is 0 Å². The number of amides is 3. The lowest BCUT2D eigenvalue weighted by atomic mass is 9.95. The minimum absolute atomic E-state index is 0.0381. The van der Waals surface area contributed by atoms with E-state index in [4.69, 9.17) is 0 Å². The molecule has 0 spiro atoms. The van der Waals surface area contributed by atoms with Gasteiger partial charge < -0.3 is 15.1 Å². The molecule has 2 aliphatic heterocycles. The van der Waals surface area contributed by atoms with E-state index in [0.29, 0.717) is 44.0 Å². The monoisotopic (exact) mass is 414 g/mol. The summed E-state index contributed by atoms with van der Waals surface area (Å²) < 4.78 is 0. The standard InChI is InChI=1S/C23H34N4O3/c1-23(2,3)22(30)24-19-9-7-8-18(16-19)21(29)27-14-12-25(13-15-27)17-20(28)26-10-5-4-6-11-26/h7-9,16H,4-6,10-15,17H2,1-3H3,(H,24,30). The summed E-state index contributed by atoms with van der Waals surface area (Å²) in [7, 11) is 0. The van der Waals surface area contributed by atoms with Gasteiger partial charge in [0.05, 0.1) is 6.54 Å². The van der Waals surface area contributed by atoms with Crippen molar-refractivity contribution < 1.29 is 14.4 Å². The van der Waals surface area contributed by atoms with Gasteiger partial charge in [-0.1, -0.05) is 26.8 Å². The maximum Gasteiger partial charge on any atom is 0.254 e. The van der Waals surface area contributed by atoms with Crippen LogP contribution < -0.4 is 5.32 Å². The van der Waals surface area contributed by atoms with Crippen LogP contribution in [0, 0.1) is 5.41 Å². The van der Waals surface area contributed by atoms with Crippen LogP contribution in [0.3, 0.4) is 0 Å². The number of anilines is 1. The van der Waals surface area contributed by atoms with E-state index in [-0.39, 0.29) is 17.7 Å². The van der Waals surface area contributed by atoms with Crippen molar-refractivity contribution in [3.05, 3.63) is 29.8 Å². The largest absolute Gasteiger partial charge is 0.342 e. The second-order valence-corrected chi connectivity index (χ2v) is 9.29. The van der Waals surface area contributed by atoms with Crippen LogP contribution in [0.1, 0.15) is 50.4 Å². The molecule has 0 atom stereocenters. The first-order chi connectivity index (χ1) is 14.2. The van der Waals surface area contributed by atoms with Gasteiger partial charge in [0, 0.05) is 55.9 Å². The van der Waals surface area contributed by atoms with Crippen molar-refractivity contribution >= 4 is 23.4 Å². The van der Waals surface area contributed by atoms with Crippen LogP contribution in [-0.4, -0.2) is 78.2 Å². The van der Waals surface area contributed by atoms with Crippen LogP contribution in [0.2, 0.25) is 0 Å². The smallest absolute Gasteiger partial charge is 0.254 e. The molecule has 1 N–H and O–H groups in total. The lowest BCUT2D eigenvalue weighted by molar-refractivity contribution is -0.133. The number of nitrogens with zero attached hydrogens (tertiary/aromatic N) is 3. The first-order valence-corrected chi connectivity index (χ1v) is 10.9. The van der Waals surface area contributed by atoms with E-state index < -0.39 is 5.41 Å². The Morgan fingerprint density at radius 2 is 1.57 bits per heavy atom. The van der Waals surface area contributed by atoms with Gasteiger partial charge in [0.2, 0.25) is 11.8 Å². The zero-order valence-corrected chi connectivity index (χ0v) is 18.4. The van der Waals surface area contributed by atoms with E-state index in [1.165, 1.54) is 6.42 Å². The van der Waals surface area contributed by atoms with Crippen molar-refractivity contribution in [2.75, 3.05) is 51.1 Å². The first kappa shape index (κ1) is 22.3. The molecule has 2 saturated heterocycles. The van der Waals surface area contributed by atoms with Gasteiger partial charge in [0.25, 0.3) is 5.91 Å². The van der Waals surface area contributed by atoms with Crippen LogP contribution >= 0.6 is 0 Å². The number of nitrogens with one attached hydrogen (secondary N) is 1. The maximum atomic E-state index is 12.9. The zero-order chi connectivity index (χ0) is 21.7. The molecule has 0 radical (unpaired) electrons. The van der Waals surface area contributed by atoms with E-state index in [1.54, 1.807) is 24.3 Å². The second kappa shape index (κ2) is 9.60. The van der Waals surface area contributed by atoms with E-state index >= 15 is 0 Å². The summed E-state index contributed by atoms with van der Waals surface area (Å²) in [6, 6.07) is 7.10. The Kier molecular flexibility index (Phi) is 7.13. The molecule has 0 aromatic heterocycles. The molecule has 0 bridgehead atoms. The Bertz CT molecular complexity index is 773. The third kappa shape index (κ3) is 5.81. The molecule has 0 aliphatic carbocycles. The Hall–Kier alpha value is -2.41. The summed E-state index contributed by atoms with van der Waals surface area (Å²) in [5.74, 6) is 0.0831. The lowest BCUT2D eigenvalue weighted by Crippen LogP contribution is -2.52. The van der Waals surface area contributed by atoms with Gasteiger partial charge in [-0.3, -0.25) is 19.3 Å². The van der Waals surface area contributed by atoms with Crippen molar-refractivity contribution in [2.24, 2.45) is 5.41 Å². The molecule has 0 saturated carbocycles. The predicted octanol–water partition coefficient (Wildman–Crippen LogP) is 2.44. The minimum Gasteiger partial charge on any atom is -0.342 e. The normalized spacial score (nSPS) is 18.2. The zero-order valence-electron chi connectivity index (χ0n) is 18.4. The average molecular weight is 415 g/mol. The maximum absolute atomic E-state index is 12.9. The van der Waals surface area contributed by atoms with Crippen LogP contribution in [-0.2, 0) is 9.59 Å². The molecule has 30 heavy (non-hydrogen) atoms. The average Bonchev–Trinajstić information content (AvgIpc) is 2.74. The van der Waals surface area contributed by atoms with Crippen molar-refractivity contribution in [1.29, 1.82) is 0 Å². The minimum atomic E-state index is -0.498. The Balaban J connectivity index is 1.52. The summed E-state index contributed by atoms with van der Waals surface area (Å²) >= 11 is 0. The summed E-state index contributed by atoms with van der Waals surface area (Å²) in [4.78, 5) is 43.5. The summed E-state index contributed by atoms with van der Waals surface area (Å²) in [6.07, 6.45) is 3.41. The molecular weight excluding hydrogens is 380 g/mol. The van der Waals surface area contributed by atoms with E-state index in [1.807, 2.05) is 30.6 Å².